The zero-order chi connectivity index (χ0) is 8.10. The molecule has 0 unspecified atom stereocenters. The van der Waals surface area contributed by atoms with Crippen LogP contribution >= 0.6 is 11.3 Å². The first kappa shape index (κ1) is 8.27. The lowest BCUT2D eigenvalue weighted by atomic mass is 10.2. The quantitative estimate of drug-likeness (QED) is 0.688. The number of aryl methyl sites for hydroxylation is 1. The van der Waals surface area contributed by atoms with Gasteiger partial charge >= 0.3 is 0 Å². The highest BCUT2D eigenvalue weighted by Gasteiger charge is 2.00. The van der Waals surface area contributed by atoms with Gasteiger partial charge in [0.05, 0.1) is 5.69 Å². The van der Waals surface area contributed by atoms with E-state index >= 15 is 0 Å². The van der Waals surface area contributed by atoms with E-state index in [0.29, 0.717) is 0 Å². The molecule has 0 atom stereocenters. The van der Waals surface area contributed by atoms with Crippen molar-refractivity contribution in [3.63, 3.8) is 0 Å². The zero-order valence-corrected chi connectivity index (χ0v) is 7.28. The number of carbonyl (C=O) groups is 1. The van der Waals surface area contributed by atoms with Gasteiger partial charge < -0.3 is 5.32 Å². The molecule has 11 heavy (non-hydrogen) atoms. The van der Waals surface area contributed by atoms with Gasteiger partial charge in [-0.2, -0.15) is 0 Å². The maximum Gasteiger partial charge on any atom is 0.211 e. The minimum Gasteiger partial charge on any atom is -0.328 e. The van der Waals surface area contributed by atoms with E-state index in [1.165, 1.54) is 5.56 Å². The molecule has 1 N–H and O–H groups in total. The lowest BCUT2D eigenvalue weighted by Gasteiger charge is -1.98. The van der Waals surface area contributed by atoms with Crippen LogP contribution in [0.5, 0.6) is 0 Å². The molecule has 0 fully saturated rings. The number of anilines is 1. The van der Waals surface area contributed by atoms with Crippen molar-refractivity contribution in [3.8, 4) is 0 Å². The first-order valence-electron chi connectivity index (χ1n) is 3.63. The lowest BCUT2D eigenvalue weighted by Crippen LogP contribution is -1.95. The van der Waals surface area contributed by atoms with Crippen LogP contribution in [0.2, 0.25) is 0 Å². The van der Waals surface area contributed by atoms with E-state index in [1.807, 2.05) is 5.38 Å². The number of amides is 1. The highest BCUT2D eigenvalue weighted by Crippen LogP contribution is 2.21. The monoisotopic (exact) mass is 169 g/mol. The molecule has 1 aromatic heterocycles. The second-order valence-electron chi connectivity index (χ2n) is 2.32. The summed E-state index contributed by atoms with van der Waals surface area (Å²) in [6.45, 7) is 2.13. The SMILES string of the molecule is CCCc1cscc1NC=O. The molecule has 1 rings (SSSR count). The summed E-state index contributed by atoms with van der Waals surface area (Å²) in [4.78, 5) is 10.1. The van der Waals surface area contributed by atoms with E-state index in [4.69, 9.17) is 0 Å². The second-order valence-corrected chi connectivity index (χ2v) is 3.07. The van der Waals surface area contributed by atoms with E-state index in [2.05, 4.69) is 17.6 Å². The van der Waals surface area contributed by atoms with Gasteiger partial charge in [0.25, 0.3) is 0 Å². The van der Waals surface area contributed by atoms with Gasteiger partial charge in [0, 0.05) is 5.38 Å². The largest absolute Gasteiger partial charge is 0.328 e. The number of thiophene rings is 1. The van der Waals surface area contributed by atoms with Crippen LogP contribution in [0.25, 0.3) is 0 Å². The second kappa shape index (κ2) is 4.13. The summed E-state index contributed by atoms with van der Waals surface area (Å²) in [5.41, 5.74) is 2.21. The van der Waals surface area contributed by atoms with Crippen LogP contribution in [0.4, 0.5) is 5.69 Å². The fourth-order valence-corrected chi connectivity index (χ4v) is 1.81. The predicted octanol–water partition coefficient (Wildman–Crippen LogP) is 2.27. The maximum atomic E-state index is 10.1. The number of hydrogen-bond donors (Lipinski definition) is 1. The Morgan fingerprint density at radius 1 is 1.64 bits per heavy atom. The third-order valence-corrected chi connectivity index (χ3v) is 2.27. The Balaban J connectivity index is 2.69. The average molecular weight is 169 g/mol. The summed E-state index contributed by atoms with van der Waals surface area (Å²) < 4.78 is 0. The minimum atomic E-state index is 0.723. The molecule has 0 aliphatic heterocycles. The minimum absolute atomic E-state index is 0.723. The van der Waals surface area contributed by atoms with Gasteiger partial charge in [0.1, 0.15) is 0 Å². The Morgan fingerprint density at radius 2 is 2.45 bits per heavy atom. The molecule has 0 saturated heterocycles. The Labute approximate surface area is 70.2 Å². The Kier molecular flexibility index (Phi) is 3.11. The molecule has 0 bridgehead atoms. The number of hydrogen-bond acceptors (Lipinski definition) is 2. The smallest absolute Gasteiger partial charge is 0.211 e. The molecule has 0 radical (unpaired) electrons. The fourth-order valence-electron chi connectivity index (χ4n) is 0.976. The van der Waals surface area contributed by atoms with Crippen molar-refractivity contribution in [2.75, 3.05) is 5.32 Å². The van der Waals surface area contributed by atoms with Crippen molar-refractivity contribution in [1.29, 1.82) is 0 Å². The summed E-state index contributed by atoms with van der Waals surface area (Å²) in [5, 5.41) is 6.71. The molecule has 0 spiro atoms. The highest BCUT2D eigenvalue weighted by atomic mass is 32.1. The number of carbonyl (C=O) groups excluding carboxylic acids is 1. The Morgan fingerprint density at radius 3 is 3.09 bits per heavy atom. The van der Waals surface area contributed by atoms with Gasteiger partial charge in [-0.3, -0.25) is 4.79 Å². The van der Waals surface area contributed by atoms with Gasteiger partial charge in [0.15, 0.2) is 0 Å². The summed E-state index contributed by atoms with van der Waals surface area (Å²) in [6.07, 6.45) is 2.88. The van der Waals surface area contributed by atoms with E-state index in [9.17, 15) is 4.79 Å². The van der Waals surface area contributed by atoms with Crippen molar-refractivity contribution in [3.05, 3.63) is 16.3 Å². The normalized spacial score (nSPS) is 9.55. The topological polar surface area (TPSA) is 29.1 Å². The van der Waals surface area contributed by atoms with Crippen LogP contribution in [0.1, 0.15) is 18.9 Å². The first-order chi connectivity index (χ1) is 5.38. The van der Waals surface area contributed by atoms with Crippen molar-refractivity contribution in [1.82, 2.24) is 0 Å². The van der Waals surface area contributed by atoms with Crippen LogP contribution in [0.3, 0.4) is 0 Å². The zero-order valence-electron chi connectivity index (χ0n) is 6.46. The third-order valence-electron chi connectivity index (χ3n) is 1.48. The molecule has 3 heteroatoms. The molecule has 0 aliphatic carbocycles. The van der Waals surface area contributed by atoms with Gasteiger partial charge in [-0.25, -0.2) is 0 Å². The first-order valence-corrected chi connectivity index (χ1v) is 4.58. The molecule has 2 nitrogen and oxygen atoms in total. The molecule has 1 aromatic rings. The van der Waals surface area contributed by atoms with Crippen LogP contribution in [0.15, 0.2) is 10.8 Å². The van der Waals surface area contributed by atoms with Crippen LogP contribution < -0.4 is 5.32 Å². The summed E-state index contributed by atoms with van der Waals surface area (Å²) in [7, 11) is 0. The van der Waals surface area contributed by atoms with Gasteiger partial charge in [-0.1, -0.05) is 13.3 Å². The Bertz CT molecular complexity index is 232. The van der Waals surface area contributed by atoms with Crippen molar-refractivity contribution in [2.24, 2.45) is 0 Å². The summed E-state index contributed by atoms with van der Waals surface area (Å²) in [5.74, 6) is 0. The van der Waals surface area contributed by atoms with E-state index in [-0.39, 0.29) is 0 Å². The molecule has 0 aliphatic rings. The molecule has 1 amide bonds. The summed E-state index contributed by atoms with van der Waals surface area (Å²) in [6, 6.07) is 0. The van der Waals surface area contributed by atoms with Gasteiger partial charge in [-0.05, 0) is 17.4 Å². The molecule has 0 aromatic carbocycles. The van der Waals surface area contributed by atoms with Gasteiger partial charge in [-0.15, -0.1) is 11.3 Å². The average Bonchev–Trinajstić information content (AvgIpc) is 2.39. The molecule has 60 valence electrons. The van der Waals surface area contributed by atoms with Crippen LogP contribution in [0, 0.1) is 0 Å². The van der Waals surface area contributed by atoms with Crippen LogP contribution in [-0.2, 0) is 11.2 Å². The van der Waals surface area contributed by atoms with Crippen molar-refractivity contribution in [2.45, 2.75) is 19.8 Å². The fraction of sp³-hybridized carbons (Fsp3) is 0.375. The van der Waals surface area contributed by atoms with Crippen molar-refractivity contribution >= 4 is 23.4 Å². The van der Waals surface area contributed by atoms with E-state index in [0.717, 1.165) is 24.9 Å². The highest BCUT2D eigenvalue weighted by molar-refractivity contribution is 7.08. The Hall–Kier alpha value is -0.830. The lowest BCUT2D eigenvalue weighted by molar-refractivity contribution is -0.105. The van der Waals surface area contributed by atoms with Crippen molar-refractivity contribution < 1.29 is 4.79 Å². The molecular formula is C8H11NOS. The van der Waals surface area contributed by atoms with Crippen LogP contribution in [-0.4, -0.2) is 6.41 Å². The van der Waals surface area contributed by atoms with Gasteiger partial charge in [0.2, 0.25) is 6.41 Å². The number of rotatable bonds is 4. The maximum absolute atomic E-state index is 10.1. The molecule has 0 saturated carbocycles. The standard InChI is InChI=1S/C8H11NOS/c1-2-3-7-4-11-5-8(7)9-6-10/h4-6H,2-3H2,1H3,(H,9,10). The summed E-state index contributed by atoms with van der Waals surface area (Å²) >= 11 is 1.62. The predicted molar refractivity (Wildman–Crippen MR) is 48.0 cm³/mol. The van der Waals surface area contributed by atoms with E-state index in [1.54, 1.807) is 11.3 Å². The third kappa shape index (κ3) is 2.05. The molecular weight excluding hydrogens is 158 g/mol. The molecule has 1 heterocycles. The number of nitrogens with one attached hydrogen (secondary N) is 1. The van der Waals surface area contributed by atoms with E-state index < -0.39 is 0 Å².